The molecule has 1 fully saturated rings. The van der Waals surface area contributed by atoms with Crippen LogP contribution in [0.25, 0.3) is 9.88 Å². The minimum absolute atomic E-state index is 0. The van der Waals surface area contributed by atoms with Gasteiger partial charge in [-0.3, -0.25) is 4.79 Å². The van der Waals surface area contributed by atoms with Gasteiger partial charge in [-0.05, 0) is 24.4 Å². The van der Waals surface area contributed by atoms with Gasteiger partial charge in [-0.15, -0.1) is 47.5 Å². The number of carbonyl (C=O) groups excluding carboxylic acids is 1. The largest absolute Gasteiger partial charge is 0.336 e. The van der Waals surface area contributed by atoms with Crippen LogP contribution >= 0.6 is 47.5 Å². The maximum absolute atomic E-state index is 12.4. The molecule has 4 nitrogen and oxygen atoms in total. The van der Waals surface area contributed by atoms with Crippen molar-refractivity contribution in [3.05, 3.63) is 28.6 Å². The van der Waals surface area contributed by atoms with Crippen LogP contribution in [-0.4, -0.2) is 42.0 Å². The van der Waals surface area contributed by atoms with Crippen LogP contribution in [0.3, 0.4) is 0 Å². The second-order valence-electron chi connectivity index (χ2n) is 4.41. The normalized spacial score (nSPS) is 14.8. The third-order valence-corrected chi connectivity index (χ3v) is 4.96. The van der Waals surface area contributed by atoms with E-state index >= 15 is 0 Å². The third-order valence-electron chi connectivity index (χ3n) is 3.08. The smallest absolute Gasteiger partial charge is 0.273 e. The van der Waals surface area contributed by atoms with E-state index in [0.29, 0.717) is 5.69 Å². The molecular formula is C13H17Cl2N3OS2. The Bertz CT molecular complexity index is 552. The summed E-state index contributed by atoms with van der Waals surface area (Å²) < 4.78 is 0. The van der Waals surface area contributed by atoms with Crippen molar-refractivity contribution in [2.75, 3.05) is 26.2 Å². The molecule has 0 spiro atoms. The number of nitrogens with one attached hydrogen (secondary N) is 1. The fourth-order valence-electron chi connectivity index (χ4n) is 2.10. The molecular weight excluding hydrogens is 349 g/mol. The van der Waals surface area contributed by atoms with Gasteiger partial charge in [0.15, 0.2) is 0 Å². The Balaban J connectivity index is 0.00000110. The van der Waals surface area contributed by atoms with Crippen LogP contribution in [0.4, 0.5) is 0 Å². The summed E-state index contributed by atoms with van der Waals surface area (Å²) in [6.07, 6.45) is 1.01. The summed E-state index contributed by atoms with van der Waals surface area (Å²) in [5.74, 6) is 0.0581. The molecule has 116 valence electrons. The van der Waals surface area contributed by atoms with E-state index in [4.69, 9.17) is 0 Å². The zero-order valence-corrected chi connectivity index (χ0v) is 14.5. The molecule has 0 aromatic carbocycles. The average molecular weight is 366 g/mol. The summed E-state index contributed by atoms with van der Waals surface area (Å²) in [6, 6.07) is 4.04. The van der Waals surface area contributed by atoms with Crippen molar-refractivity contribution in [1.82, 2.24) is 15.2 Å². The predicted molar refractivity (Wildman–Crippen MR) is 93.3 cm³/mol. The molecule has 1 aliphatic heterocycles. The SMILES string of the molecule is Cl.Cl.O=C(c1csc(-c2cccs2)n1)N1CCCNCC1. The summed E-state index contributed by atoms with van der Waals surface area (Å²) in [5.41, 5.74) is 0.579. The van der Waals surface area contributed by atoms with Crippen LogP contribution in [0.2, 0.25) is 0 Å². The van der Waals surface area contributed by atoms with Crippen LogP contribution in [0, 0.1) is 0 Å². The number of rotatable bonds is 2. The average Bonchev–Trinajstić information content (AvgIpc) is 3.04. The number of halogens is 2. The lowest BCUT2D eigenvalue weighted by molar-refractivity contribution is 0.0761. The Morgan fingerprint density at radius 1 is 1.24 bits per heavy atom. The number of aromatic nitrogens is 1. The Hall–Kier alpha value is -0.660. The molecule has 21 heavy (non-hydrogen) atoms. The maximum atomic E-state index is 12.4. The van der Waals surface area contributed by atoms with Crippen molar-refractivity contribution in [3.8, 4) is 9.88 Å². The van der Waals surface area contributed by atoms with Gasteiger partial charge in [0.2, 0.25) is 0 Å². The van der Waals surface area contributed by atoms with Crippen molar-refractivity contribution in [1.29, 1.82) is 0 Å². The van der Waals surface area contributed by atoms with Gasteiger partial charge in [-0.25, -0.2) is 4.98 Å². The summed E-state index contributed by atoms with van der Waals surface area (Å²) in [6.45, 7) is 3.44. The van der Waals surface area contributed by atoms with Crippen LogP contribution in [0.1, 0.15) is 16.9 Å². The second-order valence-corrected chi connectivity index (χ2v) is 6.22. The molecule has 1 saturated heterocycles. The molecule has 0 atom stereocenters. The predicted octanol–water partition coefficient (Wildman–Crippen LogP) is 3.15. The van der Waals surface area contributed by atoms with Crippen molar-refractivity contribution in [3.63, 3.8) is 0 Å². The molecule has 0 aliphatic carbocycles. The van der Waals surface area contributed by atoms with Gasteiger partial charge in [-0.1, -0.05) is 6.07 Å². The van der Waals surface area contributed by atoms with E-state index in [1.54, 1.807) is 22.7 Å². The topological polar surface area (TPSA) is 45.2 Å². The number of thiazole rings is 1. The van der Waals surface area contributed by atoms with E-state index in [2.05, 4.69) is 10.3 Å². The van der Waals surface area contributed by atoms with Gasteiger partial charge < -0.3 is 10.2 Å². The Morgan fingerprint density at radius 2 is 2.10 bits per heavy atom. The van der Waals surface area contributed by atoms with Crippen LogP contribution < -0.4 is 5.32 Å². The van der Waals surface area contributed by atoms with Gasteiger partial charge in [0.1, 0.15) is 10.7 Å². The highest BCUT2D eigenvalue weighted by Gasteiger charge is 2.20. The number of hydrogen-bond donors (Lipinski definition) is 1. The van der Waals surface area contributed by atoms with Crippen molar-refractivity contribution in [2.45, 2.75) is 6.42 Å². The highest BCUT2D eigenvalue weighted by atomic mass is 35.5. The number of hydrogen-bond acceptors (Lipinski definition) is 5. The minimum atomic E-state index is 0. The molecule has 0 bridgehead atoms. The zero-order valence-electron chi connectivity index (χ0n) is 11.3. The Morgan fingerprint density at radius 3 is 2.86 bits per heavy atom. The lowest BCUT2D eigenvalue weighted by atomic mass is 10.3. The second kappa shape index (κ2) is 8.70. The van der Waals surface area contributed by atoms with E-state index in [1.165, 1.54) is 0 Å². The molecule has 0 unspecified atom stereocenters. The van der Waals surface area contributed by atoms with E-state index < -0.39 is 0 Å². The third kappa shape index (κ3) is 4.40. The molecule has 8 heteroatoms. The summed E-state index contributed by atoms with van der Waals surface area (Å²) in [7, 11) is 0. The van der Waals surface area contributed by atoms with E-state index in [1.807, 2.05) is 27.8 Å². The molecule has 1 N–H and O–H groups in total. The molecule has 2 aromatic heterocycles. The first-order valence-corrected chi connectivity index (χ1v) is 8.10. The van der Waals surface area contributed by atoms with Crippen molar-refractivity contribution in [2.24, 2.45) is 0 Å². The molecule has 2 aromatic rings. The first kappa shape index (κ1) is 18.4. The van der Waals surface area contributed by atoms with E-state index in [0.717, 1.165) is 42.5 Å². The first-order chi connectivity index (χ1) is 9.34. The highest BCUT2D eigenvalue weighted by Crippen LogP contribution is 2.28. The maximum Gasteiger partial charge on any atom is 0.273 e. The van der Waals surface area contributed by atoms with E-state index in [9.17, 15) is 4.79 Å². The summed E-state index contributed by atoms with van der Waals surface area (Å²) in [5, 5.41) is 8.13. The minimum Gasteiger partial charge on any atom is -0.336 e. The number of thiophene rings is 1. The van der Waals surface area contributed by atoms with Gasteiger partial charge in [0.25, 0.3) is 5.91 Å². The fraction of sp³-hybridized carbons (Fsp3) is 0.385. The lowest BCUT2D eigenvalue weighted by Crippen LogP contribution is -2.34. The number of amides is 1. The van der Waals surface area contributed by atoms with E-state index in [-0.39, 0.29) is 30.7 Å². The number of carbonyl (C=O) groups is 1. The zero-order chi connectivity index (χ0) is 13.1. The summed E-state index contributed by atoms with van der Waals surface area (Å²) in [4.78, 5) is 19.9. The molecule has 1 aliphatic rings. The van der Waals surface area contributed by atoms with Crippen molar-refractivity contribution < 1.29 is 4.79 Å². The highest BCUT2D eigenvalue weighted by molar-refractivity contribution is 7.20. The Labute approximate surface area is 144 Å². The van der Waals surface area contributed by atoms with Gasteiger partial charge in [0, 0.05) is 25.0 Å². The van der Waals surface area contributed by atoms with Crippen molar-refractivity contribution >= 4 is 53.4 Å². The summed E-state index contributed by atoms with van der Waals surface area (Å²) >= 11 is 3.19. The standard InChI is InChI=1S/C13H15N3OS2.2ClH/c17-13(16-6-2-4-14-5-7-16)10-9-19-12(15-10)11-3-1-8-18-11;;/h1,3,8-9,14H,2,4-7H2;2*1H. The molecule has 3 rings (SSSR count). The molecule has 1 amide bonds. The van der Waals surface area contributed by atoms with Gasteiger partial charge in [-0.2, -0.15) is 0 Å². The monoisotopic (exact) mass is 365 g/mol. The lowest BCUT2D eigenvalue weighted by Gasteiger charge is -2.18. The quantitative estimate of drug-likeness (QED) is 0.888. The van der Waals surface area contributed by atoms with Crippen LogP contribution in [-0.2, 0) is 0 Å². The fourth-order valence-corrected chi connectivity index (χ4v) is 3.70. The Kier molecular flexibility index (Phi) is 7.62. The van der Waals surface area contributed by atoms with Crippen LogP contribution in [0.5, 0.6) is 0 Å². The molecule has 3 heterocycles. The molecule has 0 saturated carbocycles. The molecule has 0 radical (unpaired) electrons. The van der Waals surface area contributed by atoms with Gasteiger partial charge >= 0.3 is 0 Å². The first-order valence-electron chi connectivity index (χ1n) is 6.34. The van der Waals surface area contributed by atoms with Gasteiger partial charge in [0.05, 0.1) is 4.88 Å². The van der Waals surface area contributed by atoms with Crippen LogP contribution in [0.15, 0.2) is 22.9 Å². The number of nitrogens with zero attached hydrogens (tertiary/aromatic N) is 2.